The van der Waals surface area contributed by atoms with Crippen molar-refractivity contribution < 1.29 is 9.00 Å². The molecule has 4 nitrogen and oxygen atoms in total. The number of carbonyl (C=O) groups excluding carboxylic acids is 1. The maximum absolute atomic E-state index is 11.6. The fraction of sp³-hybridized carbons (Fsp3) is 0.222. The third-order valence-electron chi connectivity index (χ3n) is 1.78. The van der Waals surface area contributed by atoms with Gasteiger partial charge in [-0.2, -0.15) is 0 Å². The van der Waals surface area contributed by atoms with Crippen LogP contribution < -0.4 is 11.1 Å². The highest BCUT2D eigenvalue weighted by molar-refractivity contribution is 7.85. The number of nitrogen functional groups attached to an aromatic ring is 1. The number of rotatable bonds is 3. The zero-order valence-corrected chi connectivity index (χ0v) is 9.69. The molecule has 15 heavy (non-hydrogen) atoms. The molecule has 1 aromatic rings. The molecule has 0 saturated carbocycles. The van der Waals surface area contributed by atoms with Gasteiger partial charge in [0.05, 0.1) is 21.5 Å². The van der Waals surface area contributed by atoms with E-state index in [1.165, 1.54) is 13.1 Å². The summed E-state index contributed by atoms with van der Waals surface area (Å²) in [5, 5.41) is 2.75. The van der Waals surface area contributed by atoms with E-state index in [-0.39, 0.29) is 11.7 Å². The van der Waals surface area contributed by atoms with Crippen molar-refractivity contribution in [1.29, 1.82) is 0 Å². The predicted molar refractivity (Wildman–Crippen MR) is 61.2 cm³/mol. The highest BCUT2D eigenvalue weighted by Crippen LogP contribution is 2.21. The lowest BCUT2D eigenvalue weighted by Gasteiger charge is -2.03. The van der Waals surface area contributed by atoms with Crippen molar-refractivity contribution in [3.05, 3.63) is 23.2 Å². The number of nitrogens with one attached hydrogen (secondary N) is 1. The molecule has 82 valence electrons. The molecule has 0 aromatic heterocycles. The average Bonchev–Trinajstić information content (AvgIpc) is 2.21. The third kappa shape index (κ3) is 3.21. The molecule has 1 unspecified atom stereocenters. The summed E-state index contributed by atoms with van der Waals surface area (Å²) in [7, 11) is 0.112. The van der Waals surface area contributed by atoms with Crippen molar-refractivity contribution in [1.82, 2.24) is 5.32 Å². The lowest BCUT2D eigenvalue weighted by Crippen LogP contribution is -2.24. The Morgan fingerprint density at radius 2 is 2.27 bits per heavy atom. The maximum atomic E-state index is 11.6. The lowest BCUT2D eigenvalue weighted by molar-refractivity contribution is -0.118. The summed E-state index contributed by atoms with van der Waals surface area (Å²) in [5.74, 6) is -0.349. The Morgan fingerprint density at radius 3 is 2.80 bits per heavy atom. The van der Waals surface area contributed by atoms with Gasteiger partial charge in [-0.1, -0.05) is 11.6 Å². The van der Waals surface area contributed by atoms with Gasteiger partial charge in [0.15, 0.2) is 0 Å². The first kappa shape index (κ1) is 12.0. The van der Waals surface area contributed by atoms with Crippen LogP contribution in [0.25, 0.3) is 0 Å². The Balaban J connectivity index is 2.83. The second-order valence-electron chi connectivity index (χ2n) is 2.85. The van der Waals surface area contributed by atoms with Crippen LogP contribution in [-0.4, -0.2) is 22.9 Å². The van der Waals surface area contributed by atoms with E-state index in [1.807, 2.05) is 0 Å². The molecule has 0 radical (unpaired) electrons. The van der Waals surface area contributed by atoms with Crippen LogP contribution in [0.4, 0.5) is 5.69 Å². The highest BCUT2D eigenvalue weighted by atomic mass is 35.5. The first-order valence-corrected chi connectivity index (χ1v) is 5.88. The first-order chi connectivity index (χ1) is 7.04. The Labute approximate surface area is 95.3 Å². The molecule has 3 N–H and O–H groups in total. The van der Waals surface area contributed by atoms with Crippen molar-refractivity contribution in [2.24, 2.45) is 0 Å². The van der Waals surface area contributed by atoms with Crippen LogP contribution >= 0.6 is 11.6 Å². The minimum Gasteiger partial charge on any atom is -0.398 e. The van der Waals surface area contributed by atoms with E-state index in [9.17, 15) is 9.00 Å². The standard InChI is InChI=1S/C9H11ClN2O2S/c1-12-9(13)5-15(14)6-2-3-8(11)7(10)4-6/h2-4H,5,11H2,1H3,(H,12,13). The Bertz CT molecular complexity index is 409. The normalized spacial score (nSPS) is 12.1. The molecule has 0 saturated heterocycles. The number of carbonyl (C=O) groups is 1. The van der Waals surface area contributed by atoms with Gasteiger partial charge in [-0.3, -0.25) is 9.00 Å². The Kier molecular flexibility index (Phi) is 4.11. The number of benzene rings is 1. The largest absolute Gasteiger partial charge is 0.398 e. The zero-order chi connectivity index (χ0) is 11.4. The first-order valence-electron chi connectivity index (χ1n) is 4.18. The molecule has 0 spiro atoms. The number of hydrogen-bond acceptors (Lipinski definition) is 3. The summed E-state index contributed by atoms with van der Waals surface area (Å²) in [6, 6.07) is 4.68. The van der Waals surface area contributed by atoms with Crippen LogP contribution in [0.3, 0.4) is 0 Å². The van der Waals surface area contributed by atoms with E-state index in [0.717, 1.165) is 0 Å². The van der Waals surface area contributed by atoms with Crippen molar-refractivity contribution in [3.8, 4) is 0 Å². The molecule has 0 aliphatic rings. The zero-order valence-electron chi connectivity index (χ0n) is 8.12. The van der Waals surface area contributed by atoms with E-state index in [1.54, 1.807) is 12.1 Å². The summed E-state index contributed by atoms with van der Waals surface area (Å²) < 4.78 is 11.6. The van der Waals surface area contributed by atoms with Crippen molar-refractivity contribution in [2.45, 2.75) is 4.90 Å². The van der Waals surface area contributed by atoms with Crippen LogP contribution in [0, 0.1) is 0 Å². The van der Waals surface area contributed by atoms with E-state index in [2.05, 4.69) is 5.32 Å². The molecule has 6 heteroatoms. The average molecular weight is 247 g/mol. The summed E-state index contributed by atoms with van der Waals surface area (Å²) in [5.41, 5.74) is 5.93. The number of amides is 1. The van der Waals surface area contributed by atoms with E-state index in [0.29, 0.717) is 15.6 Å². The fourth-order valence-corrected chi connectivity index (χ4v) is 2.19. The topological polar surface area (TPSA) is 72.2 Å². The third-order valence-corrected chi connectivity index (χ3v) is 3.41. The smallest absolute Gasteiger partial charge is 0.232 e. The van der Waals surface area contributed by atoms with Gasteiger partial charge in [0.25, 0.3) is 0 Å². The maximum Gasteiger partial charge on any atom is 0.232 e. The van der Waals surface area contributed by atoms with Crippen LogP contribution in [0.5, 0.6) is 0 Å². The molecule has 0 bridgehead atoms. The SMILES string of the molecule is CNC(=O)CS(=O)c1ccc(N)c(Cl)c1. The molecule has 1 amide bonds. The van der Waals surface area contributed by atoms with Gasteiger partial charge in [0, 0.05) is 11.9 Å². The van der Waals surface area contributed by atoms with Crippen molar-refractivity contribution in [2.75, 3.05) is 18.5 Å². The molecule has 1 aromatic carbocycles. The van der Waals surface area contributed by atoms with Crippen LogP contribution in [0.2, 0.25) is 5.02 Å². The summed E-state index contributed by atoms with van der Waals surface area (Å²) in [6.07, 6.45) is 0. The molecule has 1 rings (SSSR count). The second-order valence-corrected chi connectivity index (χ2v) is 4.70. The number of halogens is 1. The van der Waals surface area contributed by atoms with Gasteiger partial charge in [-0.25, -0.2) is 0 Å². The summed E-state index contributed by atoms with van der Waals surface area (Å²) >= 11 is 5.77. The lowest BCUT2D eigenvalue weighted by atomic mass is 10.3. The monoisotopic (exact) mass is 246 g/mol. The van der Waals surface area contributed by atoms with Gasteiger partial charge in [-0.05, 0) is 18.2 Å². The minimum atomic E-state index is -1.38. The number of nitrogens with two attached hydrogens (primary N) is 1. The van der Waals surface area contributed by atoms with E-state index >= 15 is 0 Å². The van der Waals surface area contributed by atoms with Gasteiger partial charge in [0.2, 0.25) is 5.91 Å². The highest BCUT2D eigenvalue weighted by Gasteiger charge is 2.09. The van der Waals surface area contributed by atoms with Crippen molar-refractivity contribution in [3.63, 3.8) is 0 Å². The van der Waals surface area contributed by atoms with E-state index < -0.39 is 10.8 Å². The van der Waals surface area contributed by atoms with Crippen LogP contribution in [0.15, 0.2) is 23.1 Å². The van der Waals surface area contributed by atoms with Gasteiger partial charge in [0.1, 0.15) is 5.75 Å². The van der Waals surface area contributed by atoms with Crippen molar-refractivity contribution >= 4 is 34.0 Å². The minimum absolute atomic E-state index is 0.0727. The fourth-order valence-electron chi connectivity index (χ4n) is 0.924. The quantitative estimate of drug-likeness (QED) is 0.774. The molecule has 1 atom stereocenters. The van der Waals surface area contributed by atoms with Gasteiger partial charge < -0.3 is 11.1 Å². The molecule has 0 aliphatic carbocycles. The number of anilines is 1. The summed E-state index contributed by atoms with van der Waals surface area (Å²) in [6.45, 7) is 0. The van der Waals surface area contributed by atoms with E-state index in [4.69, 9.17) is 17.3 Å². The second kappa shape index (κ2) is 5.14. The molecule has 0 heterocycles. The van der Waals surface area contributed by atoms with Crippen LogP contribution in [-0.2, 0) is 15.6 Å². The van der Waals surface area contributed by atoms with Crippen LogP contribution in [0.1, 0.15) is 0 Å². The Hall–Kier alpha value is -1.07. The van der Waals surface area contributed by atoms with Gasteiger partial charge >= 0.3 is 0 Å². The predicted octanol–water partition coefficient (Wildman–Crippen LogP) is 0.776. The molecular weight excluding hydrogens is 236 g/mol. The molecule has 0 fully saturated rings. The Morgan fingerprint density at radius 1 is 1.60 bits per heavy atom. The van der Waals surface area contributed by atoms with Gasteiger partial charge in [-0.15, -0.1) is 0 Å². The number of hydrogen-bond donors (Lipinski definition) is 2. The molecule has 0 aliphatic heterocycles. The summed E-state index contributed by atoms with van der Waals surface area (Å²) in [4.78, 5) is 11.5. The molecular formula is C9H11ClN2O2S.